The van der Waals surface area contributed by atoms with Gasteiger partial charge in [-0.25, -0.2) is 0 Å². The van der Waals surface area contributed by atoms with Crippen LogP contribution in [0.3, 0.4) is 0 Å². The van der Waals surface area contributed by atoms with Crippen LogP contribution in [-0.2, 0) is 0 Å². The Kier molecular flexibility index (Phi) is 2.96. The van der Waals surface area contributed by atoms with Crippen LogP contribution in [0, 0.1) is 23.2 Å². The Bertz CT molecular complexity index is 550. The number of rotatable bonds is 2. The van der Waals surface area contributed by atoms with Crippen LogP contribution >= 0.6 is 11.6 Å². The van der Waals surface area contributed by atoms with E-state index in [1.807, 2.05) is 13.0 Å². The molecule has 0 radical (unpaired) electrons. The second-order valence-electron chi connectivity index (χ2n) is 5.90. The van der Waals surface area contributed by atoms with Crippen molar-refractivity contribution in [2.24, 2.45) is 11.8 Å². The average molecular weight is 278 g/mol. The predicted octanol–water partition coefficient (Wildman–Crippen LogP) is 3.14. The summed E-state index contributed by atoms with van der Waals surface area (Å²) in [5.41, 5.74) is -0.0581. The van der Waals surface area contributed by atoms with Crippen LogP contribution in [0.1, 0.15) is 31.7 Å². The molecule has 2 aliphatic carbocycles. The lowest BCUT2D eigenvalue weighted by atomic mass is 9.84. The molecule has 2 saturated carbocycles. The molecule has 2 bridgehead atoms. The van der Waals surface area contributed by atoms with Gasteiger partial charge in [0.15, 0.2) is 0 Å². The standard InChI is InChI=1S/C15H16ClNO2/c1-15(18)7-10-4-11(15)5-14(10)19-12-3-2-9(8-17)13(16)6-12/h2-3,6,10-11,14,18H,4-5,7H2,1H3/t10-,11?,14?,15-/m0/s1. The zero-order valence-corrected chi connectivity index (χ0v) is 11.5. The number of hydrogen-bond donors (Lipinski definition) is 1. The maximum absolute atomic E-state index is 10.2. The quantitative estimate of drug-likeness (QED) is 0.903. The Morgan fingerprint density at radius 2 is 2.26 bits per heavy atom. The molecule has 1 aromatic rings. The molecule has 0 aliphatic heterocycles. The zero-order valence-electron chi connectivity index (χ0n) is 10.8. The van der Waals surface area contributed by atoms with Gasteiger partial charge in [0, 0.05) is 6.07 Å². The predicted molar refractivity (Wildman–Crippen MR) is 72.0 cm³/mol. The highest BCUT2D eigenvalue weighted by Gasteiger charge is 2.52. The lowest BCUT2D eigenvalue weighted by molar-refractivity contribution is -0.0224. The van der Waals surface area contributed by atoms with Crippen molar-refractivity contribution >= 4 is 11.6 Å². The SMILES string of the molecule is C[C@]1(O)C[C@@H]2CC1CC2Oc1ccc(C#N)c(Cl)c1. The number of fused-ring (bicyclic) bond motifs is 2. The summed E-state index contributed by atoms with van der Waals surface area (Å²) in [6.45, 7) is 1.92. The summed E-state index contributed by atoms with van der Waals surface area (Å²) in [5.74, 6) is 1.48. The van der Waals surface area contributed by atoms with E-state index in [-0.39, 0.29) is 6.10 Å². The summed E-state index contributed by atoms with van der Waals surface area (Å²) >= 11 is 6.00. The molecule has 2 fully saturated rings. The van der Waals surface area contributed by atoms with Crippen molar-refractivity contribution in [3.8, 4) is 11.8 Å². The summed E-state index contributed by atoms with van der Waals surface area (Å²) in [4.78, 5) is 0. The van der Waals surface area contributed by atoms with Gasteiger partial charge in [0.25, 0.3) is 0 Å². The van der Waals surface area contributed by atoms with E-state index in [4.69, 9.17) is 21.6 Å². The smallest absolute Gasteiger partial charge is 0.121 e. The summed E-state index contributed by atoms with van der Waals surface area (Å²) in [5, 5.41) is 19.4. The van der Waals surface area contributed by atoms with Gasteiger partial charge in [-0.15, -0.1) is 0 Å². The first kappa shape index (κ1) is 12.8. The minimum atomic E-state index is -0.521. The summed E-state index contributed by atoms with van der Waals surface area (Å²) in [7, 11) is 0. The van der Waals surface area contributed by atoms with Crippen LogP contribution in [0.2, 0.25) is 5.02 Å². The Morgan fingerprint density at radius 3 is 2.79 bits per heavy atom. The number of hydrogen-bond acceptors (Lipinski definition) is 3. The molecule has 3 nitrogen and oxygen atoms in total. The van der Waals surface area contributed by atoms with E-state index < -0.39 is 5.60 Å². The molecule has 1 aromatic carbocycles. The third kappa shape index (κ3) is 2.20. The molecule has 3 rings (SSSR count). The molecule has 1 N–H and O–H groups in total. The Labute approximate surface area is 117 Å². The summed E-state index contributed by atoms with van der Waals surface area (Å²) in [6.07, 6.45) is 2.91. The average Bonchev–Trinajstić information content (AvgIpc) is 2.85. The van der Waals surface area contributed by atoms with E-state index in [9.17, 15) is 5.11 Å². The Hall–Kier alpha value is -1.24. The van der Waals surface area contributed by atoms with Gasteiger partial charge in [-0.3, -0.25) is 0 Å². The van der Waals surface area contributed by atoms with Crippen LogP contribution < -0.4 is 4.74 Å². The zero-order chi connectivity index (χ0) is 13.6. The second kappa shape index (κ2) is 4.40. The van der Waals surface area contributed by atoms with E-state index in [1.54, 1.807) is 18.2 Å². The van der Waals surface area contributed by atoms with Gasteiger partial charge < -0.3 is 9.84 Å². The van der Waals surface area contributed by atoms with Crippen LogP contribution in [0.5, 0.6) is 5.75 Å². The van der Waals surface area contributed by atoms with Crippen molar-refractivity contribution in [1.29, 1.82) is 5.26 Å². The monoisotopic (exact) mass is 277 g/mol. The van der Waals surface area contributed by atoms with Crippen molar-refractivity contribution < 1.29 is 9.84 Å². The van der Waals surface area contributed by atoms with Gasteiger partial charge in [-0.1, -0.05) is 11.6 Å². The molecule has 2 unspecified atom stereocenters. The number of halogens is 1. The van der Waals surface area contributed by atoms with Crippen LogP contribution in [0.15, 0.2) is 18.2 Å². The van der Waals surface area contributed by atoms with Crippen LogP contribution in [0.4, 0.5) is 0 Å². The molecule has 4 heteroatoms. The fourth-order valence-electron chi connectivity index (χ4n) is 3.49. The third-order valence-electron chi connectivity index (χ3n) is 4.53. The van der Waals surface area contributed by atoms with Gasteiger partial charge in [-0.05, 0) is 50.2 Å². The molecular weight excluding hydrogens is 262 g/mol. The van der Waals surface area contributed by atoms with Crippen molar-refractivity contribution in [2.75, 3.05) is 0 Å². The fraction of sp³-hybridized carbons (Fsp3) is 0.533. The number of benzene rings is 1. The van der Waals surface area contributed by atoms with Gasteiger partial charge in [0.2, 0.25) is 0 Å². The first-order valence-corrected chi connectivity index (χ1v) is 6.96. The molecule has 0 aromatic heterocycles. The maximum atomic E-state index is 10.2. The van der Waals surface area contributed by atoms with E-state index in [0.717, 1.165) is 19.3 Å². The van der Waals surface area contributed by atoms with Crippen molar-refractivity contribution in [3.63, 3.8) is 0 Å². The van der Waals surface area contributed by atoms with Gasteiger partial charge in [0.1, 0.15) is 17.9 Å². The summed E-state index contributed by atoms with van der Waals surface area (Å²) in [6, 6.07) is 7.20. The fourth-order valence-corrected chi connectivity index (χ4v) is 3.70. The molecule has 0 amide bonds. The lowest BCUT2D eigenvalue weighted by Crippen LogP contribution is -2.37. The molecule has 2 aliphatic rings. The first-order valence-electron chi connectivity index (χ1n) is 6.58. The number of nitriles is 1. The largest absolute Gasteiger partial charge is 0.490 e. The van der Waals surface area contributed by atoms with Gasteiger partial charge in [0.05, 0.1) is 16.2 Å². The number of nitrogens with zero attached hydrogens (tertiary/aromatic N) is 1. The molecular formula is C15H16ClNO2. The molecule has 100 valence electrons. The second-order valence-corrected chi connectivity index (χ2v) is 6.31. The normalized spacial score (nSPS) is 36.2. The molecule has 0 saturated heterocycles. The van der Waals surface area contributed by atoms with Crippen LogP contribution in [0.25, 0.3) is 0 Å². The third-order valence-corrected chi connectivity index (χ3v) is 4.85. The minimum absolute atomic E-state index is 0.161. The number of aliphatic hydroxyl groups is 1. The lowest BCUT2D eigenvalue weighted by Gasteiger charge is -2.32. The van der Waals surface area contributed by atoms with E-state index >= 15 is 0 Å². The Morgan fingerprint density at radius 1 is 1.47 bits per heavy atom. The van der Waals surface area contributed by atoms with Gasteiger partial charge in [-0.2, -0.15) is 5.26 Å². The maximum Gasteiger partial charge on any atom is 0.121 e. The molecule has 0 spiro atoms. The topological polar surface area (TPSA) is 53.2 Å². The highest BCUT2D eigenvalue weighted by molar-refractivity contribution is 6.31. The molecule has 19 heavy (non-hydrogen) atoms. The first-order chi connectivity index (χ1) is 8.99. The Balaban J connectivity index is 1.71. The van der Waals surface area contributed by atoms with Crippen molar-refractivity contribution in [3.05, 3.63) is 28.8 Å². The van der Waals surface area contributed by atoms with E-state index in [2.05, 4.69) is 0 Å². The van der Waals surface area contributed by atoms with E-state index in [0.29, 0.717) is 28.2 Å². The van der Waals surface area contributed by atoms with Crippen molar-refractivity contribution in [1.82, 2.24) is 0 Å². The van der Waals surface area contributed by atoms with Gasteiger partial charge >= 0.3 is 0 Å². The molecule has 4 atom stereocenters. The summed E-state index contributed by atoms with van der Waals surface area (Å²) < 4.78 is 5.98. The highest BCUT2D eigenvalue weighted by atomic mass is 35.5. The highest BCUT2D eigenvalue weighted by Crippen LogP contribution is 2.51. The van der Waals surface area contributed by atoms with E-state index in [1.165, 1.54) is 0 Å². The minimum Gasteiger partial charge on any atom is -0.490 e. The number of ether oxygens (including phenoxy) is 1. The molecule has 0 heterocycles. The van der Waals surface area contributed by atoms with Crippen LogP contribution in [-0.4, -0.2) is 16.8 Å². The van der Waals surface area contributed by atoms with Crippen molar-refractivity contribution in [2.45, 2.75) is 37.9 Å².